The number of benzene rings is 9. The Morgan fingerprint density at radius 2 is 0.898 bits per heavy atom. The van der Waals surface area contributed by atoms with E-state index in [1.807, 2.05) is 11.8 Å². The van der Waals surface area contributed by atoms with E-state index in [0.29, 0.717) is 0 Å². The molecule has 0 radical (unpaired) electrons. The Hall–Kier alpha value is -5.89. The molecule has 0 unspecified atom stereocenters. The lowest BCUT2D eigenvalue weighted by molar-refractivity contribution is 1.40. The Bertz CT molecular complexity index is 2700. The second kappa shape index (κ2) is 11.4. The van der Waals surface area contributed by atoms with Gasteiger partial charge in [-0.1, -0.05) is 176 Å². The summed E-state index contributed by atoms with van der Waals surface area (Å²) in [5.74, 6) is 0. The van der Waals surface area contributed by atoms with Gasteiger partial charge in [0.25, 0.3) is 0 Å². The van der Waals surface area contributed by atoms with Crippen molar-refractivity contribution in [2.75, 3.05) is 0 Å². The first-order valence-corrected chi connectivity index (χ1v) is 17.7. The number of rotatable bonds is 4. The van der Waals surface area contributed by atoms with Gasteiger partial charge >= 0.3 is 0 Å². The summed E-state index contributed by atoms with van der Waals surface area (Å²) in [7, 11) is 0. The lowest BCUT2D eigenvalue weighted by atomic mass is 9.83. The van der Waals surface area contributed by atoms with Crippen molar-refractivity contribution < 1.29 is 0 Å². The van der Waals surface area contributed by atoms with Gasteiger partial charge in [0.05, 0.1) is 0 Å². The average Bonchev–Trinajstić information content (AvgIpc) is 3.18. The van der Waals surface area contributed by atoms with Gasteiger partial charge in [-0.05, 0) is 95.2 Å². The highest BCUT2D eigenvalue weighted by molar-refractivity contribution is 7.99. The summed E-state index contributed by atoms with van der Waals surface area (Å²) in [6, 6.07) is 66.9. The monoisotopic (exact) mass is 638 g/mol. The van der Waals surface area contributed by atoms with Gasteiger partial charge in [0, 0.05) is 20.7 Å². The van der Waals surface area contributed by atoms with Crippen molar-refractivity contribution in [3.63, 3.8) is 0 Å². The van der Waals surface area contributed by atoms with Gasteiger partial charge in [-0.3, -0.25) is 0 Å². The van der Waals surface area contributed by atoms with E-state index in [-0.39, 0.29) is 0 Å². The van der Waals surface area contributed by atoms with E-state index < -0.39 is 0 Å². The van der Waals surface area contributed by atoms with Gasteiger partial charge < -0.3 is 0 Å². The SMILES string of the molecule is c1ccc(-c2ccc3c(c2)Sc2cccc4c2c-3c(-c2ccccc2)c2ccc(-c3ccc(-c5cccc6ccccc56)cc3)cc24)cc1. The summed E-state index contributed by atoms with van der Waals surface area (Å²) in [5.41, 5.74) is 12.7. The van der Waals surface area contributed by atoms with Crippen LogP contribution in [-0.2, 0) is 0 Å². The highest BCUT2D eigenvalue weighted by atomic mass is 32.2. The minimum atomic E-state index is 1.22. The molecular weight excluding hydrogens is 609 g/mol. The first-order chi connectivity index (χ1) is 24.3. The van der Waals surface area contributed by atoms with Gasteiger partial charge in [-0.15, -0.1) is 0 Å². The van der Waals surface area contributed by atoms with Crippen molar-refractivity contribution in [2.24, 2.45) is 0 Å². The van der Waals surface area contributed by atoms with Crippen molar-refractivity contribution in [1.29, 1.82) is 0 Å². The molecule has 10 rings (SSSR count). The fraction of sp³-hybridized carbons (Fsp3) is 0. The van der Waals surface area contributed by atoms with Crippen LogP contribution in [0.4, 0.5) is 0 Å². The molecule has 0 nitrogen and oxygen atoms in total. The van der Waals surface area contributed by atoms with Crippen molar-refractivity contribution >= 4 is 44.1 Å². The molecule has 0 aromatic heterocycles. The molecule has 0 N–H and O–H groups in total. The maximum atomic E-state index is 2.41. The molecule has 1 aliphatic heterocycles. The summed E-state index contributed by atoms with van der Waals surface area (Å²) in [5, 5.41) is 7.78. The molecule has 9 aromatic rings. The van der Waals surface area contributed by atoms with E-state index in [4.69, 9.17) is 0 Å². The molecule has 0 bridgehead atoms. The van der Waals surface area contributed by atoms with Crippen LogP contribution in [0.3, 0.4) is 0 Å². The van der Waals surface area contributed by atoms with Crippen LogP contribution in [0.5, 0.6) is 0 Å². The Morgan fingerprint density at radius 3 is 1.73 bits per heavy atom. The molecule has 0 amide bonds. The third-order valence-electron chi connectivity index (χ3n) is 10.1. The summed E-state index contributed by atoms with van der Waals surface area (Å²) in [6.07, 6.45) is 0. The lowest BCUT2D eigenvalue weighted by Gasteiger charge is -2.26. The molecule has 0 saturated heterocycles. The van der Waals surface area contributed by atoms with E-state index in [2.05, 4.69) is 182 Å². The molecule has 1 heterocycles. The minimum Gasteiger partial charge on any atom is -0.0887 e. The van der Waals surface area contributed by atoms with E-state index in [9.17, 15) is 0 Å². The molecule has 49 heavy (non-hydrogen) atoms. The zero-order valence-electron chi connectivity index (χ0n) is 26.7. The molecule has 1 aliphatic rings. The molecule has 228 valence electrons. The zero-order valence-corrected chi connectivity index (χ0v) is 27.5. The molecular formula is C48H30S. The summed E-state index contributed by atoms with van der Waals surface area (Å²) in [6.45, 7) is 0. The van der Waals surface area contributed by atoms with E-state index in [1.54, 1.807) is 0 Å². The largest absolute Gasteiger partial charge is 0.0887 e. The van der Waals surface area contributed by atoms with Crippen LogP contribution >= 0.6 is 11.8 Å². The quantitative estimate of drug-likeness (QED) is 0.173. The Morgan fingerprint density at radius 1 is 0.286 bits per heavy atom. The van der Waals surface area contributed by atoms with E-state index in [1.165, 1.54) is 97.7 Å². The van der Waals surface area contributed by atoms with Crippen LogP contribution in [0.1, 0.15) is 0 Å². The smallest absolute Gasteiger partial charge is 0.0207 e. The van der Waals surface area contributed by atoms with Crippen molar-refractivity contribution in [2.45, 2.75) is 9.79 Å². The van der Waals surface area contributed by atoms with Gasteiger partial charge in [-0.2, -0.15) is 0 Å². The van der Waals surface area contributed by atoms with Crippen molar-refractivity contribution in [3.8, 4) is 55.6 Å². The third-order valence-corrected chi connectivity index (χ3v) is 11.2. The van der Waals surface area contributed by atoms with E-state index >= 15 is 0 Å². The predicted molar refractivity (Wildman–Crippen MR) is 210 cm³/mol. The number of hydrogen-bond donors (Lipinski definition) is 0. The van der Waals surface area contributed by atoms with Gasteiger partial charge in [-0.25, -0.2) is 0 Å². The molecule has 9 aromatic carbocycles. The highest BCUT2D eigenvalue weighted by Crippen LogP contribution is 2.55. The standard InChI is InChI=1S/C48H30S/c1-3-11-31(12-4-1)37-26-28-42-45(30-37)49-44-20-10-19-40-43-29-36(25-27-41(43)46(48(42)47(40)44)35-14-5-2-6-15-35)32-21-23-34(24-22-32)39-18-9-16-33-13-7-8-17-38(33)39/h1-30H. The Labute approximate surface area is 290 Å². The van der Waals surface area contributed by atoms with Gasteiger partial charge in [0.1, 0.15) is 0 Å². The van der Waals surface area contributed by atoms with Crippen molar-refractivity contribution in [3.05, 3.63) is 182 Å². The second-order valence-electron chi connectivity index (χ2n) is 12.8. The number of hydrogen-bond acceptors (Lipinski definition) is 1. The molecule has 0 aliphatic carbocycles. The molecule has 0 atom stereocenters. The summed E-state index contributed by atoms with van der Waals surface area (Å²) < 4.78 is 0. The van der Waals surface area contributed by atoms with Crippen LogP contribution < -0.4 is 0 Å². The van der Waals surface area contributed by atoms with Crippen LogP contribution in [0.15, 0.2) is 192 Å². The van der Waals surface area contributed by atoms with Crippen LogP contribution in [0, 0.1) is 0 Å². The van der Waals surface area contributed by atoms with Crippen molar-refractivity contribution in [1.82, 2.24) is 0 Å². The molecule has 1 heteroatoms. The van der Waals surface area contributed by atoms with Gasteiger partial charge in [0.2, 0.25) is 0 Å². The normalized spacial score (nSPS) is 12.0. The maximum absolute atomic E-state index is 2.41. The first-order valence-electron chi connectivity index (χ1n) is 16.8. The summed E-state index contributed by atoms with van der Waals surface area (Å²) in [4.78, 5) is 2.62. The zero-order chi connectivity index (χ0) is 32.3. The number of fused-ring (bicyclic) bond motifs is 5. The second-order valence-corrected chi connectivity index (χ2v) is 13.9. The summed E-state index contributed by atoms with van der Waals surface area (Å²) >= 11 is 1.90. The van der Waals surface area contributed by atoms with E-state index in [0.717, 1.165) is 0 Å². The van der Waals surface area contributed by atoms with Crippen LogP contribution in [0.2, 0.25) is 0 Å². The predicted octanol–water partition coefficient (Wildman–Crippen LogP) is 13.9. The maximum Gasteiger partial charge on any atom is 0.0207 e. The fourth-order valence-electron chi connectivity index (χ4n) is 7.76. The van der Waals surface area contributed by atoms with Gasteiger partial charge in [0.15, 0.2) is 0 Å². The topological polar surface area (TPSA) is 0 Å². The molecule has 0 fully saturated rings. The molecule has 0 saturated carbocycles. The fourth-order valence-corrected chi connectivity index (χ4v) is 8.92. The highest BCUT2D eigenvalue weighted by Gasteiger charge is 2.26. The third kappa shape index (κ3) is 4.62. The van der Waals surface area contributed by atoms with Crippen LogP contribution in [-0.4, -0.2) is 0 Å². The molecule has 0 spiro atoms. The Kier molecular flexibility index (Phi) is 6.53. The van der Waals surface area contributed by atoms with Crippen LogP contribution in [0.25, 0.3) is 88.0 Å². The average molecular weight is 639 g/mol. The minimum absolute atomic E-state index is 1.22. The first kappa shape index (κ1) is 28.2. The lowest BCUT2D eigenvalue weighted by Crippen LogP contribution is -1.98. The Balaban J connectivity index is 1.17.